The molecule has 0 saturated carbocycles. The number of ether oxygens (including phenoxy) is 2. The van der Waals surface area contributed by atoms with E-state index in [9.17, 15) is 0 Å². The van der Waals surface area contributed by atoms with Crippen molar-refractivity contribution < 1.29 is 9.47 Å². The van der Waals surface area contributed by atoms with Gasteiger partial charge in [0.2, 0.25) is 0 Å². The quantitative estimate of drug-likeness (QED) is 0.495. The zero-order chi connectivity index (χ0) is 13.5. The average molecular weight is 267 g/mol. The number of hydrogen-bond acceptors (Lipinski definition) is 7. The van der Waals surface area contributed by atoms with Gasteiger partial charge in [0, 0.05) is 32.9 Å². The van der Waals surface area contributed by atoms with Gasteiger partial charge >= 0.3 is 0 Å². The molecule has 2 heterocycles. The molecule has 1 aliphatic rings. The van der Waals surface area contributed by atoms with Crippen LogP contribution in [-0.4, -0.2) is 36.8 Å². The van der Waals surface area contributed by atoms with Crippen molar-refractivity contribution >= 4 is 11.6 Å². The highest BCUT2D eigenvalue weighted by molar-refractivity contribution is 5.46. The fraction of sp³-hybridized carbons (Fsp3) is 0.667. The lowest BCUT2D eigenvalue weighted by Crippen LogP contribution is -2.14. The van der Waals surface area contributed by atoms with Crippen LogP contribution in [-0.2, 0) is 16.1 Å². The summed E-state index contributed by atoms with van der Waals surface area (Å²) in [6.45, 7) is 2.98. The van der Waals surface area contributed by atoms with Crippen molar-refractivity contribution in [3.8, 4) is 0 Å². The van der Waals surface area contributed by atoms with Crippen molar-refractivity contribution in [2.75, 3.05) is 37.6 Å². The van der Waals surface area contributed by atoms with Crippen LogP contribution in [0, 0.1) is 5.92 Å². The van der Waals surface area contributed by atoms with Gasteiger partial charge in [-0.1, -0.05) is 0 Å². The molecule has 1 unspecified atom stereocenters. The van der Waals surface area contributed by atoms with Crippen molar-refractivity contribution in [1.82, 2.24) is 9.97 Å². The van der Waals surface area contributed by atoms with Crippen LogP contribution in [0.25, 0.3) is 0 Å². The molecule has 0 aromatic carbocycles. The highest BCUT2D eigenvalue weighted by Gasteiger charge is 2.14. The normalized spacial score (nSPS) is 18.5. The minimum absolute atomic E-state index is 0.362. The first-order chi connectivity index (χ1) is 9.31. The number of methoxy groups -OCH3 is 1. The Kier molecular flexibility index (Phi) is 5.31. The van der Waals surface area contributed by atoms with Crippen LogP contribution in [0.3, 0.4) is 0 Å². The monoisotopic (exact) mass is 267 g/mol. The summed E-state index contributed by atoms with van der Waals surface area (Å²) in [5, 5.41) is 3.29. The SMILES string of the molecule is COCc1nc(NN)cc(NCCC2CCOC2)n1. The topological polar surface area (TPSA) is 94.3 Å². The molecule has 0 amide bonds. The van der Waals surface area contributed by atoms with Gasteiger partial charge in [-0.25, -0.2) is 15.8 Å². The van der Waals surface area contributed by atoms with Crippen LogP contribution >= 0.6 is 0 Å². The van der Waals surface area contributed by atoms with Gasteiger partial charge < -0.3 is 20.2 Å². The molecule has 1 aliphatic heterocycles. The minimum Gasteiger partial charge on any atom is -0.381 e. The third kappa shape index (κ3) is 4.30. The molecule has 1 fully saturated rings. The van der Waals surface area contributed by atoms with Gasteiger partial charge in [0.05, 0.1) is 0 Å². The maximum Gasteiger partial charge on any atom is 0.158 e. The van der Waals surface area contributed by atoms with Crippen molar-refractivity contribution in [2.45, 2.75) is 19.4 Å². The van der Waals surface area contributed by atoms with E-state index in [4.69, 9.17) is 15.3 Å². The Hall–Kier alpha value is -1.44. The predicted molar refractivity (Wildman–Crippen MR) is 72.6 cm³/mol. The lowest BCUT2D eigenvalue weighted by Gasteiger charge is -2.11. The molecule has 4 N–H and O–H groups in total. The number of aromatic nitrogens is 2. The molecular formula is C12H21N5O2. The maximum absolute atomic E-state index is 5.39. The van der Waals surface area contributed by atoms with Crippen LogP contribution in [0.2, 0.25) is 0 Å². The van der Waals surface area contributed by atoms with Gasteiger partial charge in [-0.2, -0.15) is 0 Å². The molecule has 0 radical (unpaired) electrons. The van der Waals surface area contributed by atoms with E-state index in [1.54, 1.807) is 13.2 Å². The molecule has 0 aliphatic carbocycles. The van der Waals surface area contributed by atoms with E-state index in [2.05, 4.69) is 20.7 Å². The van der Waals surface area contributed by atoms with E-state index in [0.717, 1.165) is 38.4 Å². The summed E-state index contributed by atoms with van der Waals surface area (Å²) in [6.07, 6.45) is 2.23. The van der Waals surface area contributed by atoms with E-state index in [-0.39, 0.29) is 0 Å². The molecule has 7 nitrogen and oxygen atoms in total. The molecular weight excluding hydrogens is 246 g/mol. The van der Waals surface area contributed by atoms with Gasteiger partial charge in [0.1, 0.15) is 18.2 Å². The summed E-state index contributed by atoms with van der Waals surface area (Å²) in [7, 11) is 1.61. The first kappa shape index (κ1) is 14.0. The van der Waals surface area contributed by atoms with Crippen LogP contribution < -0.4 is 16.6 Å². The van der Waals surface area contributed by atoms with Crippen LogP contribution in [0.4, 0.5) is 11.6 Å². The van der Waals surface area contributed by atoms with E-state index in [1.165, 1.54) is 0 Å². The molecule has 2 rings (SSSR count). The summed E-state index contributed by atoms with van der Waals surface area (Å²) >= 11 is 0. The molecule has 19 heavy (non-hydrogen) atoms. The molecule has 1 aromatic heterocycles. The van der Waals surface area contributed by atoms with Gasteiger partial charge in [-0.3, -0.25) is 0 Å². The number of nitrogens with zero attached hydrogens (tertiary/aromatic N) is 2. The van der Waals surface area contributed by atoms with Gasteiger partial charge in [0.25, 0.3) is 0 Å². The lowest BCUT2D eigenvalue weighted by molar-refractivity contribution is 0.178. The molecule has 0 spiro atoms. The number of hydrazine groups is 1. The van der Waals surface area contributed by atoms with E-state index in [1.807, 2.05) is 0 Å². The van der Waals surface area contributed by atoms with Crippen molar-refractivity contribution in [2.24, 2.45) is 11.8 Å². The zero-order valence-electron chi connectivity index (χ0n) is 11.2. The summed E-state index contributed by atoms with van der Waals surface area (Å²) in [5.74, 6) is 7.98. The fourth-order valence-corrected chi connectivity index (χ4v) is 2.07. The third-order valence-electron chi connectivity index (χ3n) is 3.08. The summed E-state index contributed by atoms with van der Waals surface area (Å²) in [5.41, 5.74) is 2.53. The first-order valence-corrected chi connectivity index (χ1v) is 6.47. The van der Waals surface area contributed by atoms with Crippen LogP contribution in [0.5, 0.6) is 0 Å². The number of anilines is 2. The smallest absolute Gasteiger partial charge is 0.158 e. The van der Waals surface area contributed by atoms with Gasteiger partial charge in [-0.05, 0) is 18.8 Å². The highest BCUT2D eigenvalue weighted by Crippen LogP contribution is 2.17. The molecule has 0 bridgehead atoms. The Labute approximate surface area is 112 Å². The van der Waals surface area contributed by atoms with Crippen LogP contribution in [0.15, 0.2) is 6.07 Å². The van der Waals surface area contributed by atoms with E-state index < -0.39 is 0 Å². The number of rotatable bonds is 7. The predicted octanol–water partition coefficient (Wildman–Crippen LogP) is 0.747. The maximum atomic E-state index is 5.39. The first-order valence-electron chi connectivity index (χ1n) is 6.47. The second kappa shape index (κ2) is 7.22. The number of nitrogens with two attached hydrogens (primary N) is 1. The Morgan fingerprint density at radius 3 is 3.00 bits per heavy atom. The summed E-state index contributed by atoms with van der Waals surface area (Å²) < 4.78 is 10.4. The minimum atomic E-state index is 0.362. The van der Waals surface area contributed by atoms with E-state index >= 15 is 0 Å². The fourth-order valence-electron chi connectivity index (χ4n) is 2.07. The van der Waals surface area contributed by atoms with Crippen molar-refractivity contribution in [3.63, 3.8) is 0 Å². The highest BCUT2D eigenvalue weighted by atomic mass is 16.5. The second-order valence-corrected chi connectivity index (χ2v) is 4.58. The molecule has 106 valence electrons. The average Bonchev–Trinajstić information content (AvgIpc) is 2.92. The van der Waals surface area contributed by atoms with E-state index in [0.29, 0.717) is 24.2 Å². The Bertz CT molecular complexity index is 396. The van der Waals surface area contributed by atoms with Gasteiger partial charge in [0.15, 0.2) is 5.82 Å². The standard InChI is InChI=1S/C12H21N5O2/c1-18-8-12-15-10(6-11(16-12)17-13)14-4-2-9-3-5-19-7-9/h6,9H,2-5,7-8,13H2,1H3,(H2,14,15,16,17). The Balaban J connectivity index is 1.88. The number of nitrogens with one attached hydrogen (secondary N) is 2. The second-order valence-electron chi connectivity index (χ2n) is 4.58. The van der Waals surface area contributed by atoms with Crippen molar-refractivity contribution in [3.05, 3.63) is 11.9 Å². The molecule has 1 aromatic rings. The number of nitrogen functional groups attached to an aromatic ring is 1. The Morgan fingerprint density at radius 2 is 2.32 bits per heavy atom. The van der Waals surface area contributed by atoms with Crippen molar-refractivity contribution in [1.29, 1.82) is 0 Å². The third-order valence-corrected chi connectivity index (χ3v) is 3.08. The number of hydrogen-bond donors (Lipinski definition) is 3. The summed E-state index contributed by atoms with van der Waals surface area (Å²) in [6, 6.07) is 1.78. The largest absolute Gasteiger partial charge is 0.381 e. The van der Waals surface area contributed by atoms with Gasteiger partial charge in [-0.15, -0.1) is 0 Å². The molecule has 7 heteroatoms. The van der Waals surface area contributed by atoms with Crippen LogP contribution in [0.1, 0.15) is 18.7 Å². The molecule has 1 saturated heterocycles. The lowest BCUT2D eigenvalue weighted by atomic mass is 10.1. The Morgan fingerprint density at radius 1 is 1.47 bits per heavy atom. The zero-order valence-corrected chi connectivity index (χ0v) is 11.2. The molecule has 1 atom stereocenters. The summed E-state index contributed by atoms with van der Waals surface area (Å²) in [4.78, 5) is 8.56.